The van der Waals surface area contributed by atoms with Gasteiger partial charge < -0.3 is 10.2 Å². The Morgan fingerprint density at radius 2 is 1.90 bits per heavy atom. The average Bonchev–Trinajstić information content (AvgIpc) is 3.61. The number of hydrogen-bond acceptors (Lipinski definition) is 6. The summed E-state index contributed by atoms with van der Waals surface area (Å²) in [6, 6.07) is 5.02. The molecule has 0 atom stereocenters. The van der Waals surface area contributed by atoms with Crippen molar-refractivity contribution in [1.29, 1.82) is 0 Å². The molecule has 0 radical (unpaired) electrons. The summed E-state index contributed by atoms with van der Waals surface area (Å²) in [5.41, 5.74) is -0.267. The molecule has 2 amide bonds. The molecule has 3 aromatic heterocycles. The van der Waals surface area contributed by atoms with Crippen LogP contribution in [0.25, 0.3) is 22.6 Å². The van der Waals surface area contributed by atoms with Gasteiger partial charge >= 0.3 is 0 Å². The molecule has 4 aromatic rings. The van der Waals surface area contributed by atoms with Crippen molar-refractivity contribution in [3.05, 3.63) is 64.2 Å². The first-order chi connectivity index (χ1) is 19.0. The van der Waals surface area contributed by atoms with Gasteiger partial charge in [0.15, 0.2) is 23.1 Å². The summed E-state index contributed by atoms with van der Waals surface area (Å²) in [6.45, 7) is 5.20. The summed E-state index contributed by atoms with van der Waals surface area (Å²) in [4.78, 5) is 41.5. The van der Waals surface area contributed by atoms with Crippen LogP contribution in [0.15, 0.2) is 24.3 Å². The van der Waals surface area contributed by atoms with Crippen LogP contribution >= 0.6 is 0 Å². The zero-order chi connectivity index (χ0) is 28.5. The number of nitrogens with one attached hydrogen (secondary N) is 1. The predicted octanol–water partition coefficient (Wildman–Crippen LogP) is 4.37. The fraction of sp³-hybridized carbons (Fsp3) is 0.357. The monoisotopic (exact) mass is 549 g/mol. The highest BCUT2D eigenvalue weighted by molar-refractivity contribution is 6.09. The number of halogens is 3. The molecular weight excluding hydrogens is 523 g/mol. The second-order valence-corrected chi connectivity index (χ2v) is 11.0. The van der Waals surface area contributed by atoms with Gasteiger partial charge in [-0.2, -0.15) is 5.10 Å². The molecule has 0 unspecified atom stereocenters. The zero-order valence-corrected chi connectivity index (χ0v) is 22.3. The molecule has 1 N–H and O–H groups in total. The van der Waals surface area contributed by atoms with Crippen molar-refractivity contribution in [3.8, 4) is 11.5 Å². The van der Waals surface area contributed by atoms with E-state index in [1.54, 1.807) is 25.8 Å². The number of pyridine rings is 1. The Morgan fingerprint density at radius 1 is 1.15 bits per heavy atom. The quantitative estimate of drug-likeness (QED) is 0.383. The average molecular weight is 550 g/mol. The Morgan fingerprint density at radius 3 is 2.62 bits per heavy atom. The minimum Gasteiger partial charge on any atom is -0.340 e. The van der Waals surface area contributed by atoms with Gasteiger partial charge in [-0.15, -0.1) is 0 Å². The first kappa shape index (κ1) is 25.9. The Hall–Kier alpha value is -4.35. The SMILES string of the molecule is Cc1nc2c(cc1F)c(-c1nc3c(c(C(=O)N(C)CC4CC4)n1)C(C)(C)C(=O)N3)nn2Cc1cccc(F)c1F. The van der Waals surface area contributed by atoms with Crippen LogP contribution in [0.3, 0.4) is 0 Å². The second-order valence-electron chi connectivity index (χ2n) is 11.0. The maximum absolute atomic E-state index is 14.7. The van der Waals surface area contributed by atoms with Crippen molar-refractivity contribution in [3.63, 3.8) is 0 Å². The van der Waals surface area contributed by atoms with Gasteiger partial charge in [-0.1, -0.05) is 12.1 Å². The van der Waals surface area contributed by atoms with Gasteiger partial charge in [-0.3, -0.25) is 9.59 Å². The molecule has 1 saturated carbocycles. The number of anilines is 1. The molecule has 4 heterocycles. The van der Waals surface area contributed by atoms with E-state index in [-0.39, 0.29) is 63.7 Å². The van der Waals surface area contributed by atoms with Crippen LogP contribution in [0.5, 0.6) is 0 Å². The molecule has 9 nitrogen and oxygen atoms in total. The number of aromatic nitrogens is 5. The van der Waals surface area contributed by atoms with Gasteiger partial charge in [0.05, 0.1) is 23.0 Å². The summed E-state index contributed by atoms with van der Waals surface area (Å²) in [7, 11) is 1.69. The molecule has 1 aliphatic carbocycles. The van der Waals surface area contributed by atoms with Crippen LogP contribution in [-0.4, -0.2) is 55.0 Å². The van der Waals surface area contributed by atoms with E-state index >= 15 is 0 Å². The molecule has 1 aromatic carbocycles. The molecule has 206 valence electrons. The van der Waals surface area contributed by atoms with E-state index in [1.807, 2.05) is 0 Å². The van der Waals surface area contributed by atoms with Crippen molar-refractivity contribution in [2.24, 2.45) is 5.92 Å². The summed E-state index contributed by atoms with van der Waals surface area (Å²) in [6.07, 6.45) is 2.09. The van der Waals surface area contributed by atoms with Crippen molar-refractivity contribution in [2.45, 2.75) is 45.6 Å². The topological polar surface area (TPSA) is 106 Å². The zero-order valence-electron chi connectivity index (χ0n) is 22.3. The van der Waals surface area contributed by atoms with Crippen LogP contribution < -0.4 is 5.32 Å². The lowest BCUT2D eigenvalue weighted by Crippen LogP contribution is -2.34. The molecule has 2 aliphatic rings. The van der Waals surface area contributed by atoms with Gasteiger partial charge in [0, 0.05) is 24.7 Å². The number of fused-ring (bicyclic) bond motifs is 2. The molecule has 0 spiro atoms. The van der Waals surface area contributed by atoms with E-state index in [0.29, 0.717) is 18.0 Å². The van der Waals surface area contributed by atoms with E-state index in [9.17, 15) is 22.8 Å². The lowest BCUT2D eigenvalue weighted by molar-refractivity contribution is -0.119. The van der Waals surface area contributed by atoms with E-state index in [0.717, 1.165) is 18.9 Å². The molecule has 1 fully saturated rings. The van der Waals surface area contributed by atoms with E-state index < -0.39 is 22.9 Å². The smallest absolute Gasteiger partial charge is 0.272 e. The Balaban J connectivity index is 1.54. The number of rotatable bonds is 6. The second kappa shape index (κ2) is 9.10. The van der Waals surface area contributed by atoms with Crippen LogP contribution in [0, 0.1) is 30.3 Å². The van der Waals surface area contributed by atoms with Gasteiger partial charge in [-0.25, -0.2) is 32.8 Å². The van der Waals surface area contributed by atoms with Crippen LogP contribution in [0.1, 0.15) is 54.0 Å². The van der Waals surface area contributed by atoms with Crippen molar-refractivity contribution < 1.29 is 22.8 Å². The standard InChI is InChI=1S/C28H26F3N7O2/c1-13-18(30)10-16-21(36-38(25(16)32-13)12-15-6-5-7-17(29)20(15)31)24-33-22(26(39)37(4)11-14-8-9-14)19-23(34-24)35-27(40)28(19,2)3/h5-7,10,14H,8-9,11-12H2,1-4H3,(H,33,34,35,40). The fourth-order valence-electron chi connectivity index (χ4n) is 5.00. The summed E-state index contributed by atoms with van der Waals surface area (Å²) >= 11 is 0. The normalized spacial score (nSPS) is 15.8. The summed E-state index contributed by atoms with van der Waals surface area (Å²) in [5.74, 6) is -2.80. The Bertz CT molecular complexity index is 1730. The summed E-state index contributed by atoms with van der Waals surface area (Å²) < 4.78 is 44.5. The van der Waals surface area contributed by atoms with Gasteiger partial charge in [0.1, 0.15) is 23.0 Å². The minimum absolute atomic E-state index is 0.0150. The third kappa shape index (κ3) is 4.18. The van der Waals surface area contributed by atoms with Crippen molar-refractivity contribution in [1.82, 2.24) is 29.6 Å². The lowest BCUT2D eigenvalue weighted by atomic mass is 9.85. The van der Waals surface area contributed by atoms with Crippen LogP contribution in [0.4, 0.5) is 19.0 Å². The van der Waals surface area contributed by atoms with Crippen molar-refractivity contribution >= 4 is 28.7 Å². The first-order valence-corrected chi connectivity index (χ1v) is 12.9. The highest BCUT2D eigenvalue weighted by atomic mass is 19.2. The number of aryl methyl sites for hydroxylation is 1. The van der Waals surface area contributed by atoms with Gasteiger partial charge in [0.25, 0.3) is 5.91 Å². The van der Waals surface area contributed by atoms with E-state index in [1.165, 1.54) is 29.8 Å². The molecular formula is C28H26F3N7O2. The fourth-order valence-corrected chi connectivity index (χ4v) is 5.00. The minimum atomic E-state index is -1.07. The van der Waals surface area contributed by atoms with Crippen LogP contribution in [-0.2, 0) is 16.8 Å². The lowest BCUT2D eigenvalue weighted by Gasteiger charge is -2.22. The third-order valence-electron chi connectivity index (χ3n) is 7.53. The van der Waals surface area contributed by atoms with Crippen molar-refractivity contribution in [2.75, 3.05) is 18.9 Å². The number of carbonyl (C=O) groups is 2. The maximum atomic E-state index is 14.7. The highest BCUT2D eigenvalue weighted by Crippen LogP contribution is 2.40. The number of benzene rings is 1. The number of nitrogens with zero attached hydrogens (tertiary/aromatic N) is 6. The largest absolute Gasteiger partial charge is 0.340 e. The molecule has 12 heteroatoms. The van der Waals surface area contributed by atoms with E-state index in [2.05, 4.69) is 25.4 Å². The van der Waals surface area contributed by atoms with Gasteiger partial charge in [0.2, 0.25) is 5.91 Å². The number of amides is 2. The number of carbonyl (C=O) groups excluding carboxylic acids is 2. The Labute approximate surface area is 227 Å². The first-order valence-electron chi connectivity index (χ1n) is 12.9. The van der Waals surface area contributed by atoms with E-state index in [4.69, 9.17) is 0 Å². The molecule has 1 aliphatic heterocycles. The van der Waals surface area contributed by atoms with Crippen LogP contribution in [0.2, 0.25) is 0 Å². The Kier molecular flexibility index (Phi) is 5.90. The third-order valence-corrected chi connectivity index (χ3v) is 7.53. The molecule has 0 bridgehead atoms. The number of hydrogen-bond donors (Lipinski definition) is 1. The highest BCUT2D eigenvalue weighted by Gasteiger charge is 2.45. The summed E-state index contributed by atoms with van der Waals surface area (Å²) in [5, 5.41) is 7.48. The van der Waals surface area contributed by atoms with Gasteiger partial charge in [-0.05, 0) is 51.7 Å². The molecule has 40 heavy (non-hydrogen) atoms. The maximum Gasteiger partial charge on any atom is 0.272 e. The molecule has 0 saturated heterocycles. The predicted molar refractivity (Wildman–Crippen MR) is 140 cm³/mol. The molecule has 6 rings (SSSR count).